The van der Waals surface area contributed by atoms with E-state index in [2.05, 4.69) is 31.0 Å². The Balaban J connectivity index is 1.62. The zero-order valence-electron chi connectivity index (χ0n) is 17.3. The Labute approximate surface area is 180 Å². The molecule has 2 heterocycles. The van der Waals surface area contributed by atoms with E-state index in [1.54, 1.807) is 12.3 Å². The summed E-state index contributed by atoms with van der Waals surface area (Å²) in [5.74, 6) is 0.0126. The summed E-state index contributed by atoms with van der Waals surface area (Å²) in [7, 11) is 0. The first-order valence-corrected chi connectivity index (χ1v) is 10.1. The maximum Gasteiger partial charge on any atom is 0.344 e. The van der Waals surface area contributed by atoms with Crippen LogP contribution >= 0.6 is 0 Å². The zero-order chi connectivity index (χ0) is 21.4. The molecule has 0 bridgehead atoms. The van der Waals surface area contributed by atoms with Gasteiger partial charge in [0.15, 0.2) is 5.75 Å². The second-order valence-electron chi connectivity index (χ2n) is 7.59. The molecule has 5 aromatic rings. The molecule has 3 aromatic carbocycles. The molecule has 2 aromatic heterocycles. The summed E-state index contributed by atoms with van der Waals surface area (Å²) in [5, 5.41) is 1.68. The van der Waals surface area contributed by atoms with Gasteiger partial charge >= 0.3 is 5.97 Å². The lowest BCUT2D eigenvalue weighted by Crippen LogP contribution is -2.10. The van der Waals surface area contributed by atoms with Crippen molar-refractivity contribution in [3.05, 3.63) is 102 Å². The predicted octanol–water partition coefficient (Wildman–Crippen LogP) is 6.29. The number of hydrogen-bond donors (Lipinski definition) is 0. The molecule has 5 rings (SSSR count). The van der Waals surface area contributed by atoms with E-state index in [9.17, 15) is 4.79 Å². The molecule has 0 spiro atoms. The molecule has 150 valence electrons. The van der Waals surface area contributed by atoms with Crippen LogP contribution in [0.2, 0.25) is 0 Å². The fourth-order valence-corrected chi connectivity index (χ4v) is 3.71. The molecule has 0 saturated heterocycles. The number of nitrogens with zero attached hydrogens (tertiary/aromatic N) is 2. The van der Waals surface area contributed by atoms with E-state index in [-0.39, 0.29) is 0 Å². The predicted molar refractivity (Wildman–Crippen MR) is 123 cm³/mol. The van der Waals surface area contributed by atoms with Crippen molar-refractivity contribution in [3.63, 3.8) is 0 Å². The number of carbonyl (C=O) groups is 1. The van der Waals surface area contributed by atoms with E-state index < -0.39 is 5.97 Å². The Bertz CT molecular complexity index is 1450. The van der Waals surface area contributed by atoms with Crippen LogP contribution < -0.4 is 4.74 Å². The van der Waals surface area contributed by atoms with Crippen LogP contribution in [-0.2, 0) is 0 Å². The summed E-state index contributed by atoms with van der Waals surface area (Å²) in [6.45, 7) is 4.15. The van der Waals surface area contributed by atoms with Gasteiger partial charge in [-0.2, -0.15) is 0 Å². The number of rotatable bonds is 3. The van der Waals surface area contributed by atoms with E-state index in [0.717, 1.165) is 27.5 Å². The van der Waals surface area contributed by atoms with Gasteiger partial charge in [-0.05, 0) is 55.3 Å². The maximum absolute atomic E-state index is 13.3. The van der Waals surface area contributed by atoms with Gasteiger partial charge in [-0.1, -0.05) is 48.5 Å². The minimum atomic E-state index is -0.429. The van der Waals surface area contributed by atoms with Crippen LogP contribution in [0.5, 0.6) is 5.75 Å². The highest BCUT2D eigenvalue weighted by atomic mass is 16.5. The molecule has 0 aliphatic rings. The molecule has 0 fully saturated rings. The molecule has 0 unspecified atom stereocenters. The van der Waals surface area contributed by atoms with Gasteiger partial charge in [-0.3, -0.25) is 4.98 Å². The van der Waals surface area contributed by atoms with Crippen LogP contribution in [0.25, 0.3) is 33.1 Å². The number of fused-ring (bicyclic) bond motifs is 2. The third-order valence-corrected chi connectivity index (χ3v) is 5.54. The Morgan fingerprint density at radius 3 is 2.55 bits per heavy atom. The number of pyridine rings is 2. The van der Waals surface area contributed by atoms with Crippen molar-refractivity contribution in [3.8, 4) is 17.0 Å². The summed E-state index contributed by atoms with van der Waals surface area (Å²) < 4.78 is 5.83. The highest BCUT2D eigenvalue weighted by Crippen LogP contribution is 2.29. The van der Waals surface area contributed by atoms with Crippen molar-refractivity contribution >= 4 is 27.8 Å². The average Bonchev–Trinajstić information content (AvgIpc) is 2.80. The summed E-state index contributed by atoms with van der Waals surface area (Å²) in [6, 6.07) is 25.0. The number of carbonyl (C=O) groups excluding carboxylic acids is 1. The maximum atomic E-state index is 13.3. The lowest BCUT2D eigenvalue weighted by Gasteiger charge is -2.12. The van der Waals surface area contributed by atoms with Crippen molar-refractivity contribution < 1.29 is 9.53 Å². The van der Waals surface area contributed by atoms with Crippen LogP contribution in [0.3, 0.4) is 0 Å². The fraction of sp³-hybridized carbons (Fsp3) is 0.0741. The molecule has 0 saturated carbocycles. The van der Waals surface area contributed by atoms with Crippen LogP contribution in [-0.4, -0.2) is 15.9 Å². The van der Waals surface area contributed by atoms with Crippen molar-refractivity contribution in [1.82, 2.24) is 9.97 Å². The summed E-state index contributed by atoms with van der Waals surface area (Å²) in [4.78, 5) is 22.5. The minimum Gasteiger partial charge on any atom is -0.421 e. The summed E-state index contributed by atoms with van der Waals surface area (Å²) in [6.07, 6.45) is 1.69. The molecule has 0 aliphatic heterocycles. The van der Waals surface area contributed by atoms with Gasteiger partial charge in [0.1, 0.15) is 5.52 Å². The SMILES string of the molecule is Cc1ccc(-c2cc(C(=O)Oc3cccc4cccnc34)c3ccccc3n2)cc1C. The van der Waals surface area contributed by atoms with Crippen LogP contribution in [0, 0.1) is 13.8 Å². The Morgan fingerprint density at radius 2 is 1.68 bits per heavy atom. The lowest BCUT2D eigenvalue weighted by atomic mass is 10.0. The largest absolute Gasteiger partial charge is 0.421 e. The number of para-hydroxylation sites is 2. The van der Waals surface area contributed by atoms with Crippen molar-refractivity contribution in [2.45, 2.75) is 13.8 Å². The van der Waals surface area contributed by atoms with Crippen molar-refractivity contribution in [2.24, 2.45) is 0 Å². The molecular weight excluding hydrogens is 384 g/mol. The molecule has 31 heavy (non-hydrogen) atoms. The number of hydrogen-bond acceptors (Lipinski definition) is 4. The fourth-order valence-electron chi connectivity index (χ4n) is 3.71. The smallest absolute Gasteiger partial charge is 0.344 e. The standard InChI is InChI=1S/C27H20N2O2/c1-17-12-13-20(15-18(17)2)24-16-22(21-9-3-4-10-23(21)29-24)27(30)31-25-11-5-7-19-8-6-14-28-26(19)25/h3-16H,1-2H3. The van der Waals surface area contributed by atoms with E-state index >= 15 is 0 Å². The molecule has 0 N–H and O–H groups in total. The highest BCUT2D eigenvalue weighted by molar-refractivity contribution is 6.06. The first kappa shape index (κ1) is 18.9. The second-order valence-corrected chi connectivity index (χ2v) is 7.59. The molecule has 0 aliphatic carbocycles. The monoisotopic (exact) mass is 404 g/mol. The van der Waals surface area contributed by atoms with E-state index in [4.69, 9.17) is 9.72 Å². The van der Waals surface area contributed by atoms with Crippen LogP contribution in [0.4, 0.5) is 0 Å². The van der Waals surface area contributed by atoms with Gasteiger partial charge in [-0.25, -0.2) is 9.78 Å². The summed E-state index contributed by atoms with van der Waals surface area (Å²) >= 11 is 0. The number of aryl methyl sites for hydroxylation is 2. The topological polar surface area (TPSA) is 52.1 Å². The van der Waals surface area contributed by atoms with Crippen LogP contribution in [0.15, 0.2) is 85.1 Å². The average molecular weight is 404 g/mol. The molecular formula is C27H20N2O2. The van der Waals surface area contributed by atoms with Gasteiger partial charge < -0.3 is 4.74 Å². The normalized spacial score (nSPS) is 11.0. The first-order chi connectivity index (χ1) is 15.1. The highest BCUT2D eigenvalue weighted by Gasteiger charge is 2.17. The third-order valence-electron chi connectivity index (χ3n) is 5.54. The molecule has 0 atom stereocenters. The zero-order valence-corrected chi connectivity index (χ0v) is 17.3. The molecule has 0 amide bonds. The third kappa shape index (κ3) is 3.53. The second kappa shape index (κ2) is 7.65. The number of ether oxygens (including phenoxy) is 1. The van der Waals surface area contributed by atoms with Gasteiger partial charge in [0.25, 0.3) is 0 Å². The summed E-state index contributed by atoms with van der Waals surface area (Å²) in [5.41, 5.74) is 5.99. The van der Waals surface area contributed by atoms with Gasteiger partial charge in [-0.15, -0.1) is 0 Å². The number of benzene rings is 3. The van der Waals surface area contributed by atoms with Gasteiger partial charge in [0.05, 0.1) is 16.8 Å². The van der Waals surface area contributed by atoms with E-state index in [1.165, 1.54) is 11.1 Å². The Morgan fingerprint density at radius 1 is 0.839 bits per heavy atom. The van der Waals surface area contributed by atoms with E-state index in [0.29, 0.717) is 16.8 Å². The number of aromatic nitrogens is 2. The number of esters is 1. The van der Waals surface area contributed by atoms with Crippen molar-refractivity contribution in [1.29, 1.82) is 0 Å². The Hall–Kier alpha value is -4.05. The molecule has 4 heteroatoms. The minimum absolute atomic E-state index is 0.429. The molecule has 0 radical (unpaired) electrons. The van der Waals surface area contributed by atoms with Crippen LogP contribution in [0.1, 0.15) is 21.5 Å². The van der Waals surface area contributed by atoms with Crippen molar-refractivity contribution in [2.75, 3.05) is 0 Å². The first-order valence-electron chi connectivity index (χ1n) is 10.1. The van der Waals surface area contributed by atoms with Gasteiger partial charge in [0.2, 0.25) is 0 Å². The quantitative estimate of drug-likeness (QED) is 0.262. The lowest BCUT2D eigenvalue weighted by molar-refractivity contribution is 0.0739. The van der Waals surface area contributed by atoms with Gasteiger partial charge in [0, 0.05) is 22.5 Å². The Kier molecular flexibility index (Phi) is 4.68. The van der Waals surface area contributed by atoms with E-state index in [1.807, 2.05) is 60.7 Å². The molecule has 4 nitrogen and oxygen atoms in total.